The zero-order chi connectivity index (χ0) is 23.1. The Balaban J connectivity index is 1.51. The molecule has 0 aliphatic rings. The van der Waals surface area contributed by atoms with Crippen molar-refractivity contribution in [2.45, 2.75) is 32.3 Å². The van der Waals surface area contributed by atoms with E-state index < -0.39 is 0 Å². The lowest BCUT2D eigenvalue weighted by molar-refractivity contribution is -0.116. The van der Waals surface area contributed by atoms with Gasteiger partial charge in [0, 0.05) is 18.4 Å². The summed E-state index contributed by atoms with van der Waals surface area (Å²) in [5.41, 5.74) is 3.64. The Hall–Kier alpha value is -3.33. The Labute approximate surface area is 191 Å². The van der Waals surface area contributed by atoms with Crippen molar-refractivity contribution in [3.8, 4) is 5.75 Å². The molecule has 2 aromatic carbocycles. The normalized spacial score (nSPS) is 10.6. The maximum absolute atomic E-state index is 12.4. The van der Waals surface area contributed by atoms with E-state index in [0.29, 0.717) is 23.3 Å². The van der Waals surface area contributed by atoms with Gasteiger partial charge in [0.05, 0.1) is 18.8 Å². The third-order valence-corrected chi connectivity index (χ3v) is 5.55. The van der Waals surface area contributed by atoms with Crippen LogP contribution in [0.25, 0.3) is 0 Å². The van der Waals surface area contributed by atoms with Gasteiger partial charge in [0.25, 0.3) is 0 Å². The third kappa shape index (κ3) is 6.58. The molecule has 0 atom stereocenters. The molecule has 0 aliphatic carbocycles. The summed E-state index contributed by atoms with van der Waals surface area (Å²) in [7, 11) is 1.78. The molecule has 0 fully saturated rings. The molecule has 32 heavy (non-hydrogen) atoms. The topological polar surface area (TPSA) is 98.1 Å². The molecule has 3 aromatic rings. The number of thioether (sulfide) groups is 1. The monoisotopic (exact) mass is 453 g/mol. The first kappa shape index (κ1) is 23.3. The molecule has 0 saturated heterocycles. The highest BCUT2D eigenvalue weighted by Gasteiger charge is 2.15. The van der Waals surface area contributed by atoms with E-state index in [1.165, 1.54) is 11.8 Å². The molecule has 168 valence electrons. The molecular weight excluding hydrogens is 426 g/mol. The highest BCUT2D eigenvalue weighted by Crippen LogP contribution is 2.19. The van der Waals surface area contributed by atoms with Gasteiger partial charge in [-0.1, -0.05) is 17.8 Å². The average Bonchev–Trinajstić information content (AvgIpc) is 3.06. The summed E-state index contributed by atoms with van der Waals surface area (Å²) >= 11 is 1.27. The minimum absolute atomic E-state index is 0.0754. The molecule has 0 aliphatic heterocycles. The SMILES string of the molecule is CCOc1ccc(NC(=O)Cc2nnc(SCC(=O)Nc3cc(C)cc(C)c3)n2C)cc1. The molecule has 8 nitrogen and oxygen atoms in total. The van der Waals surface area contributed by atoms with Gasteiger partial charge in [-0.05, 0) is 68.3 Å². The molecule has 0 saturated carbocycles. The molecule has 0 unspecified atom stereocenters. The number of carbonyl (C=O) groups is 2. The Kier molecular flexibility index (Phi) is 7.88. The number of nitrogens with one attached hydrogen (secondary N) is 2. The zero-order valence-electron chi connectivity index (χ0n) is 18.6. The fraction of sp³-hybridized carbons (Fsp3) is 0.304. The molecule has 3 rings (SSSR count). The average molecular weight is 454 g/mol. The van der Waals surface area contributed by atoms with Crippen molar-refractivity contribution in [1.82, 2.24) is 14.8 Å². The Morgan fingerprint density at radius 1 is 0.969 bits per heavy atom. The van der Waals surface area contributed by atoms with Gasteiger partial charge in [0.1, 0.15) is 11.6 Å². The van der Waals surface area contributed by atoms with E-state index >= 15 is 0 Å². The van der Waals surface area contributed by atoms with E-state index in [-0.39, 0.29) is 24.0 Å². The summed E-state index contributed by atoms with van der Waals surface area (Å²) in [6.07, 6.45) is 0.0754. The molecule has 1 aromatic heterocycles. The van der Waals surface area contributed by atoms with Crippen molar-refractivity contribution < 1.29 is 14.3 Å². The van der Waals surface area contributed by atoms with Gasteiger partial charge in [-0.15, -0.1) is 10.2 Å². The van der Waals surface area contributed by atoms with Crippen LogP contribution in [0, 0.1) is 13.8 Å². The Morgan fingerprint density at radius 2 is 1.62 bits per heavy atom. The minimum Gasteiger partial charge on any atom is -0.494 e. The van der Waals surface area contributed by atoms with Crippen LogP contribution in [0.5, 0.6) is 5.75 Å². The van der Waals surface area contributed by atoms with Crippen LogP contribution in [-0.4, -0.2) is 38.9 Å². The summed E-state index contributed by atoms with van der Waals surface area (Å²) in [5, 5.41) is 14.5. The van der Waals surface area contributed by atoms with E-state index in [4.69, 9.17) is 4.74 Å². The number of anilines is 2. The minimum atomic E-state index is -0.200. The number of ether oxygens (including phenoxy) is 1. The molecule has 9 heteroatoms. The van der Waals surface area contributed by atoms with Crippen molar-refractivity contribution >= 4 is 35.0 Å². The lowest BCUT2D eigenvalue weighted by atomic mass is 10.1. The predicted octanol–water partition coefficient (Wildman–Crippen LogP) is 3.74. The van der Waals surface area contributed by atoms with Gasteiger partial charge < -0.3 is 19.9 Å². The van der Waals surface area contributed by atoms with Crippen LogP contribution in [0.15, 0.2) is 47.6 Å². The molecule has 0 radical (unpaired) electrons. The summed E-state index contributed by atoms with van der Waals surface area (Å²) in [6, 6.07) is 13.1. The fourth-order valence-corrected chi connectivity index (χ4v) is 3.88. The van der Waals surface area contributed by atoms with Crippen LogP contribution < -0.4 is 15.4 Å². The zero-order valence-corrected chi connectivity index (χ0v) is 19.5. The van der Waals surface area contributed by atoms with E-state index in [0.717, 1.165) is 22.6 Å². The summed E-state index contributed by atoms with van der Waals surface area (Å²) in [4.78, 5) is 24.7. The van der Waals surface area contributed by atoms with E-state index in [2.05, 4.69) is 26.9 Å². The number of aromatic nitrogens is 3. The van der Waals surface area contributed by atoms with E-state index in [1.807, 2.05) is 32.9 Å². The predicted molar refractivity (Wildman–Crippen MR) is 126 cm³/mol. The van der Waals surface area contributed by atoms with Crippen molar-refractivity contribution in [1.29, 1.82) is 0 Å². The number of benzene rings is 2. The van der Waals surface area contributed by atoms with Crippen LogP contribution in [0.1, 0.15) is 23.9 Å². The van der Waals surface area contributed by atoms with Gasteiger partial charge in [-0.3, -0.25) is 9.59 Å². The van der Waals surface area contributed by atoms with Crippen molar-refractivity contribution in [3.05, 3.63) is 59.4 Å². The molecule has 0 bridgehead atoms. The first-order valence-electron chi connectivity index (χ1n) is 10.3. The van der Waals surface area contributed by atoms with Crippen molar-refractivity contribution in [3.63, 3.8) is 0 Å². The lowest BCUT2D eigenvalue weighted by Crippen LogP contribution is -2.17. The number of carbonyl (C=O) groups excluding carboxylic acids is 2. The second kappa shape index (κ2) is 10.8. The number of nitrogens with zero attached hydrogens (tertiary/aromatic N) is 3. The standard InChI is InChI=1S/C23H27N5O3S/c1-5-31-19-8-6-17(7-9-19)24-21(29)13-20-26-27-23(28(20)4)32-14-22(30)25-18-11-15(2)10-16(3)12-18/h6-12H,5,13-14H2,1-4H3,(H,24,29)(H,25,30). The Morgan fingerprint density at radius 3 is 2.28 bits per heavy atom. The van der Waals surface area contributed by atoms with Crippen LogP contribution in [0.4, 0.5) is 11.4 Å². The molecule has 2 amide bonds. The van der Waals surface area contributed by atoms with E-state index in [9.17, 15) is 9.59 Å². The van der Waals surface area contributed by atoms with Gasteiger partial charge in [-0.2, -0.15) is 0 Å². The second-order valence-corrected chi connectivity index (χ2v) is 8.30. The molecule has 1 heterocycles. The number of hydrogen-bond acceptors (Lipinski definition) is 6. The molecule has 0 spiro atoms. The van der Waals surface area contributed by atoms with Crippen LogP contribution in [-0.2, 0) is 23.1 Å². The maximum Gasteiger partial charge on any atom is 0.234 e. The fourth-order valence-electron chi connectivity index (χ4n) is 3.15. The third-order valence-electron chi connectivity index (χ3n) is 4.53. The molecular formula is C23H27N5O3S. The summed E-state index contributed by atoms with van der Waals surface area (Å²) < 4.78 is 7.13. The van der Waals surface area contributed by atoms with Gasteiger partial charge in [0.2, 0.25) is 11.8 Å². The largest absolute Gasteiger partial charge is 0.494 e. The van der Waals surface area contributed by atoms with Crippen LogP contribution in [0.2, 0.25) is 0 Å². The highest BCUT2D eigenvalue weighted by molar-refractivity contribution is 7.99. The maximum atomic E-state index is 12.4. The van der Waals surface area contributed by atoms with Crippen LogP contribution in [0.3, 0.4) is 0 Å². The van der Waals surface area contributed by atoms with Crippen LogP contribution >= 0.6 is 11.8 Å². The van der Waals surface area contributed by atoms with Gasteiger partial charge in [0.15, 0.2) is 5.16 Å². The number of hydrogen-bond donors (Lipinski definition) is 2. The second-order valence-electron chi connectivity index (χ2n) is 7.35. The van der Waals surface area contributed by atoms with Gasteiger partial charge in [-0.25, -0.2) is 0 Å². The smallest absolute Gasteiger partial charge is 0.234 e. The van der Waals surface area contributed by atoms with Gasteiger partial charge >= 0.3 is 0 Å². The number of rotatable bonds is 9. The number of amides is 2. The van der Waals surface area contributed by atoms with E-state index in [1.54, 1.807) is 35.9 Å². The lowest BCUT2D eigenvalue weighted by Gasteiger charge is -2.08. The summed E-state index contributed by atoms with van der Waals surface area (Å²) in [5.74, 6) is 1.14. The van der Waals surface area contributed by atoms with Crippen molar-refractivity contribution in [2.75, 3.05) is 23.0 Å². The Bertz CT molecular complexity index is 1080. The summed E-state index contributed by atoms with van der Waals surface area (Å²) in [6.45, 7) is 6.49. The van der Waals surface area contributed by atoms with Crippen molar-refractivity contribution in [2.24, 2.45) is 7.05 Å². The first-order chi connectivity index (χ1) is 15.3. The highest BCUT2D eigenvalue weighted by atomic mass is 32.2. The first-order valence-corrected chi connectivity index (χ1v) is 11.2. The number of aryl methyl sites for hydroxylation is 2. The quantitative estimate of drug-likeness (QED) is 0.479. The molecule has 2 N–H and O–H groups in total.